The number of carbonyl (C=O) groups is 1. The van der Waals surface area contributed by atoms with Crippen molar-refractivity contribution in [3.05, 3.63) is 107 Å². The van der Waals surface area contributed by atoms with E-state index in [0.717, 1.165) is 28.1 Å². The number of hydrogen-bond donors (Lipinski definition) is 1. The number of ether oxygens (including phenoxy) is 1. The molecule has 1 aromatic heterocycles. The Labute approximate surface area is 198 Å². The van der Waals surface area contributed by atoms with Gasteiger partial charge in [0.2, 0.25) is 5.91 Å². The molecule has 0 saturated carbocycles. The van der Waals surface area contributed by atoms with Crippen molar-refractivity contribution in [1.29, 1.82) is 0 Å². The zero-order valence-corrected chi connectivity index (χ0v) is 18.8. The van der Waals surface area contributed by atoms with E-state index in [9.17, 15) is 4.79 Å². The van der Waals surface area contributed by atoms with Crippen LogP contribution >= 0.6 is 11.6 Å². The standard InChI is InChI=1S/C27H24ClN3O2/c28-24-11-12-25-21(14-24)13-22(18-33-25)27(32)29-15-23-17-31(16-19-7-3-1-4-8-19)30-26(23)20-9-5-2-6-10-20/h1-12,14,17,22H,13,15-16,18H2,(H,29,32)/t22-/m1/s1. The molecule has 1 atom stereocenters. The van der Waals surface area contributed by atoms with Gasteiger partial charge in [-0.25, -0.2) is 0 Å². The highest BCUT2D eigenvalue weighted by Gasteiger charge is 2.26. The minimum Gasteiger partial charge on any atom is -0.492 e. The van der Waals surface area contributed by atoms with Crippen LogP contribution < -0.4 is 10.1 Å². The van der Waals surface area contributed by atoms with Crippen LogP contribution in [0.5, 0.6) is 5.75 Å². The van der Waals surface area contributed by atoms with E-state index in [2.05, 4.69) is 17.4 Å². The van der Waals surface area contributed by atoms with Gasteiger partial charge in [-0.2, -0.15) is 5.10 Å². The fourth-order valence-corrected chi connectivity index (χ4v) is 4.34. The van der Waals surface area contributed by atoms with Crippen molar-refractivity contribution in [2.45, 2.75) is 19.5 Å². The van der Waals surface area contributed by atoms with Crippen LogP contribution in [0.15, 0.2) is 85.1 Å². The normalized spacial score (nSPS) is 14.9. The second-order valence-corrected chi connectivity index (χ2v) is 8.67. The van der Waals surface area contributed by atoms with Gasteiger partial charge in [-0.3, -0.25) is 9.48 Å². The van der Waals surface area contributed by atoms with E-state index in [1.165, 1.54) is 5.56 Å². The molecular weight excluding hydrogens is 434 g/mol. The largest absolute Gasteiger partial charge is 0.492 e. The van der Waals surface area contributed by atoms with E-state index in [4.69, 9.17) is 21.4 Å². The predicted octanol–water partition coefficient (Wildman–Crippen LogP) is 5.12. The van der Waals surface area contributed by atoms with Crippen molar-refractivity contribution in [2.75, 3.05) is 6.61 Å². The molecule has 0 radical (unpaired) electrons. The van der Waals surface area contributed by atoms with Crippen molar-refractivity contribution in [1.82, 2.24) is 15.1 Å². The smallest absolute Gasteiger partial charge is 0.227 e. The van der Waals surface area contributed by atoms with Gasteiger partial charge < -0.3 is 10.1 Å². The number of carbonyl (C=O) groups excluding carboxylic acids is 1. The first-order valence-corrected chi connectivity index (χ1v) is 11.4. The zero-order valence-electron chi connectivity index (χ0n) is 18.1. The van der Waals surface area contributed by atoms with Gasteiger partial charge in [0, 0.05) is 28.9 Å². The van der Waals surface area contributed by atoms with Gasteiger partial charge in [-0.15, -0.1) is 0 Å². The first-order chi connectivity index (χ1) is 16.2. The Bertz CT molecular complexity index is 1260. The Hall–Kier alpha value is -3.57. The van der Waals surface area contributed by atoms with Crippen LogP contribution in [0.2, 0.25) is 5.02 Å². The summed E-state index contributed by atoms with van der Waals surface area (Å²) in [5.74, 6) is 0.517. The second kappa shape index (κ2) is 9.51. The molecule has 0 fully saturated rings. The summed E-state index contributed by atoms with van der Waals surface area (Å²) in [5.41, 5.74) is 5.02. The SMILES string of the molecule is O=C(NCc1cn(Cc2ccccc2)nc1-c1ccccc1)[C@H]1COc2ccc(Cl)cc2C1. The fraction of sp³-hybridized carbons (Fsp3) is 0.185. The van der Waals surface area contributed by atoms with E-state index in [1.54, 1.807) is 6.07 Å². The van der Waals surface area contributed by atoms with E-state index in [1.807, 2.05) is 71.5 Å². The molecule has 1 amide bonds. The Balaban J connectivity index is 1.32. The third-order valence-electron chi connectivity index (χ3n) is 5.82. The van der Waals surface area contributed by atoms with E-state index < -0.39 is 0 Å². The highest BCUT2D eigenvalue weighted by molar-refractivity contribution is 6.30. The molecule has 5 rings (SSSR count). The average Bonchev–Trinajstić information content (AvgIpc) is 3.25. The number of rotatable bonds is 6. The molecule has 166 valence electrons. The Morgan fingerprint density at radius 2 is 1.82 bits per heavy atom. The summed E-state index contributed by atoms with van der Waals surface area (Å²) in [4.78, 5) is 13.0. The molecule has 0 aliphatic carbocycles. The molecule has 4 aromatic rings. The van der Waals surface area contributed by atoms with E-state index in [0.29, 0.717) is 31.1 Å². The Morgan fingerprint density at radius 1 is 1.06 bits per heavy atom. The molecule has 0 bridgehead atoms. The van der Waals surface area contributed by atoms with Crippen molar-refractivity contribution in [2.24, 2.45) is 5.92 Å². The van der Waals surface area contributed by atoms with Crippen molar-refractivity contribution in [3.63, 3.8) is 0 Å². The fourth-order valence-electron chi connectivity index (χ4n) is 4.14. The predicted molar refractivity (Wildman–Crippen MR) is 129 cm³/mol. The van der Waals surface area contributed by atoms with Gasteiger partial charge in [0.1, 0.15) is 12.4 Å². The first-order valence-electron chi connectivity index (χ1n) is 11.0. The molecule has 5 nitrogen and oxygen atoms in total. The maximum Gasteiger partial charge on any atom is 0.227 e. The maximum absolute atomic E-state index is 13.0. The summed E-state index contributed by atoms with van der Waals surface area (Å²) in [6, 6.07) is 25.8. The molecule has 0 unspecified atom stereocenters. The monoisotopic (exact) mass is 457 g/mol. The molecule has 3 aromatic carbocycles. The van der Waals surface area contributed by atoms with Crippen LogP contribution in [-0.4, -0.2) is 22.3 Å². The third-order valence-corrected chi connectivity index (χ3v) is 6.06. The molecule has 6 heteroatoms. The number of benzene rings is 3. The number of amides is 1. The molecule has 1 N–H and O–H groups in total. The summed E-state index contributed by atoms with van der Waals surface area (Å²) in [6.07, 6.45) is 2.63. The summed E-state index contributed by atoms with van der Waals surface area (Å²) in [7, 11) is 0. The lowest BCUT2D eigenvalue weighted by Gasteiger charge is -2.24. The van der Waals surface area contributed by atoms with E-state index >= 15 is 0 Å². The van der Waals surface area contributed by atoms with Crippen molar-refractivity contribution in [3.8, 4) is 17.0 Å². The molecular formula is C27H24ClN3O2. The van der Waals surface area contributed by atoms with Crippen LogP contribution in [0, 0.1) is 5.92 Å². The van der Waals surface area contributed by atoms with Crippen LogP contribution in [0.4, 0.5) is 0 Å². The molecule has 1 aliphatic rings. The number of aromatic nitrogens is 2. The first kappa shape index (κ1) is 21.3. The summed E-state index contributed by atoms with van der Waals surface area (Å²) < 4.78 is 7.72. The number of nitrogens with one attached hydrogen (secondary N) is 1. The summed E-state index contributed by atoms with van der Waals surface area (Å²) in [6.45, 7) is 1.43. The van der Waals surface area contributed by atoms with Gasteiger partial charge in [-0.05, 0) is 35.7 Å². The Kier molecular flexibility index (Phi) is 6.13. The lowest BCUT2D eigenvalue weighted by molar-refractivity contribution is -0.126. The Morgan fingerprint density at radius 3 is 2.61 bits per heavy atom. The highest BCUT2D eigenvalue weighted by atomic mass is 35.5. The lowest BCUT2D eigenvalue weighted by atomic mass is 9.96. The number of fused-ring (bicyclic) bond motifs is 1. The van der Waals surface area contributed by atoms with Gasteiger partial charge in [0.15, 0.2) is 0 Å². The van der Waals surface area contributed by atoms with Gasteiger partial charge in [0.25, 0.3) is 0 Å². The minimum atomic E-state index is -0.254. The molecule has 0 saturated heterocycles. The van der Waals surface area contributed by atoms with Gasteiger partial charge in [0.05, 0.1) is 18.2 Å². The zero-order chi connectivity index (χ0) is 22.6. The molecule has 33 heavy (non-hydrogen) atoms. The number of halogens is 1. The van der Waals surface area contributed by atoms with E-state index in [-0.39, 0.29) is 11.8 Å². The number of nitrogens with zero attached hydrogens (tertiary/aromatic N) is 2. The average molecular weight is 458 g/mol. The van der Waals surface area contributed by atoms with Crippen LogP contribution in [0.1, 0.15) is 16.7 Å². The summed E-state index contributed by atoms with van der Waals surface area (Å²) in [5, 5.41) is 8.58. The maximum atomic E-state index is 13.0. The van der Waals surface area contributed by atoms with Crippen LogP contribution in [-0.2, 0) is 24.3 Å². The molecule has 0 spiro atoms. The molecule has 1 aliphatic heterocycles. The van der Waals surface area contributed by atoms with Crippen LogP contribution in [0.3, 0.4) is 0 Å². The molecule has 2 heterocycles. The number of hydrogen-bond acceptors (Lipinski definition) is 3. The summed E-state index contributed by atoms with van der Waals surface area (Å²) >= 11 is 6.12. The van der Waals surface area contributed by atoms with Gasteiger partial charge in [-0.1, -0.05) is 72.3 Å². The topological polar surface area (TPSA) is 56.2 Å². The van der Waals surface area contributed by atoms with Crippen molar-refractivity contribution >= 4 is 17.5 Å². The highest BCUT2D eigenvalue weighted by Crippen LogP contribution is 2.30. The lowest BCUT2D eigenvalue weighted by Crippen LogP contribution is -2.37. The van der Waals surface area contributed by atoms with Crippen molar-refractivity contribution < 1.29 is 9.53 Å². The third kappa shape index (κ3) is 4.94. The second-order valence-electron chi connectivity index (χ2n) is 8.23. The van der Waals surface area contributed by atoms with Gasteiger partial charge >= 0.3 is 0 Å². The van der Waals surface area contributed by atoms with Crippen LogP contribution in [0.25, 0.3) is 11.3 Å². The quantitative estimate of drug-likeness (QED) is 0.437. The minimum absolute atomic E-state index is 0.0320.